The van der Waals surface area contributed by atoms with Gasteiger partial charge in [0.25, 0.3) is 0 Å². The lowest BCUT2D eigenvalue weighted by atomic mass is 9.89. The van der Waals surface area contributed by atoms with Crippen LogP contribution in [0.5, 0.6) is 0 Å². The molecule has 1 heterocycles. The molecule has 0 saturated heterocycles. The van der Waals surface area contributed by atoms with Gasteiger partial charge in [0.05, 0.1) is 12.2 Å². The molecule has 19 heavy (non-hydrogen) atoms. The zero-order valence-corrected chi connectivity index (χ0v) is 12.8. The molecule has 2 rings (SSSR count). The molecule has 1 saturated carbocycles. The summed E-state index contributed by atoms with van der Waals surface area (Å²) in [6, 6.07) is 0. The van der Waals surface area contributed by atoms with E-state index in [0.717, 1.165) is 11.0 Å². The van der Waals surface area contributed by atoms with E-state index in [4.69, 9.17) is 4.52 Å². The molecule has 1 aliphatic rings. The summed E-state index contributed by atoms with van der Waals surface area (Å²) < 4.78 is 5.15. The maximum absolute atomic E-state index is 11.9. The third-order valence-electron chi connectivity index (χ3n) is 3.41. The Bertz CT molecular complexity index is 431. The molecule has 0 bridgehead atoms. The first-order valence-corrected chi connectivity index (χ1v) is 7.96. The maximum atomic E-state index is 11.9. The van der Waals surface area contributed by atoms with Crippen LogP contribution in [0.25, 0.3) is 0 Å². The molecule has 1 aromatic rings. The van der Waals surface area contributed by atoms with E-state index >= 15 is 0 Å². The van der Waals surface area contributed by atoms with Crippen molar-refractivity contribution in [1.82, 2.24) is 10.1 Å². The van der Waals surface area contributed by atoms with Gasteiger partial charge in [0, 0.05) is 10.7 Å². The highest BCUT2D eigenvalue weighted by molar-refractivity contribution is 7.99. The molecule has 1 aliphatic carbocycles. The van der Waals surface area contributed by atoms with Crippen LogP contribution in [0.2, 0.25) is 0 Å². The average Bonchev–Trinajstić information content (AvgIpc) is 2.95. The van der Waals surface area contributed by atoms with Crippen molar-refractivity contribution in [3.05, 3.63) is 11.7 Å². The Morgan fingerprint density at radius 2 is 2.05 bits per heavy atom. The summed E-state index contributed by atoms with van der Waals surface area (Å²) in [5, 5.41) is 4.70. The van der Waals surface area contributed by atoms with Gasteiger partial charge in [0.15, 0.2) is 5.82 Å². The second-order valence-corrected chi connectivity index (χ2v) is 7.46. The van der Waals surface area contributed by atoms with Crippen molar-refractivity contribution < 1.29 is 9.32 Å². The van der Waals surface area contributed by atoms with Crippen molar-refractivity contribution in [2.45, 2.75) is 63.9 Å². The van der Waals surface area contributed by atoms with Gasteiger partial charge in [-0.25, -0.2) is 0 Å². The van der Waals surface area contributed by atoms with Crippen LogP contribution < -0.4 is 0 Å². The molecule has 0 atom stereocenters. The standard InChI is InChI=1S/C14H22N2O2S/c1-14(2,3)11(17)8-13-15-12(16-18-13)9-19-10-6-4-5-7-10/h10H,4-9H2,1-3H3. The molecule has 0 radical (unpaired) electrons. The fourth-order valence-electron chi connectivity index (χ4n) is 2.07. The summed E-state index contributed by atoms with van der Waals surface area (Å²) >= 11 is 1.90. The first-order valence-electron chi connectivity index (χ1n) is 6.91. The quantitative estimate of drug-likeness (QED) is 0.828. The predicted octanol–water partition coefficient (Wildman–Crippen LogP) is 3.40. The highest BCUT2D eigenvalue weighted by atomic mass is 32.2. The van der Waals surface area contributed by atoms with Gasteiger partial charge < -0.3 is 4.52 Å². The van der Waals surface area contributed by atoms with E-state index in [0.29, 0.717) is 11.7 Å². The van der Waals surface area contributed by atoms with Gasteiger partial charge in [-0.15, -0.1) is 0 Å². The molecule has 0 N–H and O–H groups in total. The van der Waals surface area contributed by atoms with Crippen LogP contribution in [0.4, 0.5) is 0 Å². The Labute approximate surface area is 118 Å². The van der Waals surface area contributed by atoms with E-state index in [1.807, 2.05) is 32.5 Å². The van der Waals surface area contributed by atoms with Crippen molar-refractivity contribution >= 4 is 17.5 Å². The van der Waals surface area contributed by atoms with Gasteiger partial charge in [-0.1, -0.05) is 38.8 Å². The fourth-order valence-corrected chi connectivity index (χ4v) is 3.24. The van der Waals surface area contributed by atoms with E-state index in [-0.39, 0.29) is 17.6 Å². The van der Waals surface area contributed by atoms with Crippen LogP contribution in [-0.4, -0.2) is 21.2 Å². The topological polar surface area (TPSA) is 56.0 Å². The summed E-state index contributed by atoms with van der Waals surface area (Å²) in [7, 11) is 0. The minimum atomic E-state index is -0.354. The second kappa shape index (κ2) is 6.07. The molecule has 0 spiro atoms. The van der Waals surface area contributed by atoms with Gasteiger partial charge in [-0.2, -0.15) is 16.7 Å². The number of aromatic nitrogens is 2. The van der Waals surface area contributed by atoms with Crippen LogP contribution in [0.1, 0.15) is 58.2 Å². The van der Waals surface area contributed by atoms with Crippen LogP contribution in [-0.2, 0) is 17.0 Å². The minimum absolute atomic E-state index is 0.131. The molecule has 0 aliphatic heterocycles. The third kappa shape index (κ3) is 4.34. The largest absolute Gasteiger partial charge is 0.339 e. The number of thioether (sulfide) groups is 1. The molecule has 0 amide bonds. The SMILES string of the molecule is CC(C)(C)C(=O)Cc1nc(CSC2CCCC2)no1. The third-order valence-corrected chi connectivity index (χ3v) is 4.78. The summed E-state index contributed by atoms with van der Waals surface area (Å²) in [6.45, 7) is 5.72. The van der Waals surface area contributed by atoms with Gasteiger partial charge >= 0.3 is 0 Å². The smallest absolute Gasteiger partial charge is 0.234 e. The Morgan fingerprint density at radius 1 is 1.37 bits per heavy atom. The van der Waals surface area contributed by atoms with Gasteiger partial charge in [-0.3, -0.25) is 4.79 Å². The normalized spacial score (nSPS) is 17.0. The molecule has 1 aromatic heterocycles. The zero-order valence-electron chi connectivity index (χ0n) is 11.9. The minimum Gasteiger partial charge on any atom is -0.339 e. The molecule has 0 unspecified atom stereocenters. The lowest BCUT2D eigenvalue weighted by Gasteiger charge is -2.14. The fraction of sp³-hybridized carbons (Fsp3) is 0.786. The summed E-state index contributed by atoms with van der Waals surface area (Å²) in [6.07, 6.45) is 5.53. The monoisotopic (exact) mass is 282 g/mol. The molecule has 106 valence electrons. The van der Waals surface area contributed by atoms with E-state index < -0.39 is 0 Å². The number of carbonyl (C=O) groups is 1. The van der Waals surface area contributed by atoms with Crippen LogP contribution in [0.3, 0.4) is 0 Å². The highest BCUT2D eigenvalue weighted by Gasteiger charge is 2.24. The molecule has 4 nitrogen and oxygen atoms in total. The molecular formula is C14H22N2O2S. The van der Waals surface area contributed by atoms with E-state index in [9.17, 15) is 4.79 Å². The van der Waals surface area contributed by atoms with Crippen molar-refractivity contribution in [3.8, 4) is 0 Å². The lowest BCUT2D eigenvalue weighted by Crippen LogP contribution is -2.22. The van der Waals surface area contributed by atoms with Crippen molar-refractivity contribution in [1.29, 1.82) is 0 Å². The average molecular weight is 282 g/mol. The number of nitrogens with zero attached hydrogens (tertiary/aromatic N) is 2. The van der Waals surface area contributed by atoms with Crippen molar-refractivity contribution in [2.75, 3.05) is 0 Å². The zero-order chi connectivity index (χ0) is 13.9. The number of hydrogen-bond donors (Lipinski definition) is 0. The Hall–Kier alpha value is -0.840. The summed E-state index contributed by atoms with van der Waals surface area (Å²) in [5.74, 6) is 2.08. The lowest BCUT2D eigenvalue weighted by molar-refractivity contribution is -0.125. The first kappa shape index (κ1) is 14.6. The molecule has 1 fully saturated rings. The summed E-state index contributed by atoms with van der Waals surface area (Å²) in [5.41, 5.74) is -0.354. The van der Waals surface area contributed by atoms with Gasteiger partial charge in [0.2, 0.25) is 5.89 Å². The van der Waals surface area contributed by atoms with Crippen molar-refractivity contribution in [3.63, 3.8) is 0 Å². The Morgan fingerprint density at radius 3 is 2.68 bits per heavy atom. The van der Waals surface area contributed by atoms with Crippen LogP contribution in [0, 0.1) is 5.41 Å². The predicted molar refractivity (Wildman–Crippen MR) is 76.0 cm³/mol. The molecule has 5 heteroatoms. The van der Waals surface area contributed by atoms with Gasteiger partial charge in [0.1, 0.15) is 5.78 Å². The molecular weight excluding hydrogens is 260 g/mol. The van der Waals surface area contributed by atoms with Gasteiger partial charge in [-0.05, 0) is 12.8 Å². The number of Topliss-reactive ketones (excluding diaryl/α,β-unsaturated/α-hetero) is 1. The maximum Gasteiger partial charge on any atom is 0.234 e. The highest BCUT2D eigenvalue weighted by Crippen LogP contribution is 2.31. The number of ketones is 1. The number of carbonyl (C=O) groups excluding carboxylic acids is 1. The van der Waals surface area contributed by atoms with Crippen LogP contribution >= 0.6 is 11.8 Å². The Kier molecular flexibility index (Phi) is 4.66. The first-order chi connectivity index (χ1) is 8.95. The second-order valence-electron chi connectivity index (χ2n) is 6.17. The Balaban J connectivity index is 1.83. The summed E-state index contributed by atoms with van der Waals surface area (Å²) in [4.78, 5) is 16.2. The molecule has 0 aromatic carbocycles. The number of hydrogen-bond acceptors (Lipinski definition) is 5. The van der Waals surface area contributed by atoms with Crippen molar-refractivity contribution in [2.24, 2.45) is 5.41 Å². The van der Waals surface area contributed by atoms with E-state index in [2.05, 4.69) is 10.1 Å². The number of rotatable bonds is 5. The van der Waals surface area contributed by atoms with E-state index in [1.165, 1.54) is 25.7 Å². The van der Waals surface area contributed by atoms with Crippen LogP contribution in [0.15, 0.2) is 4.52 Å². The van der Waals surface area contributed by atoms with E-state index in [1.54, 1.807) is 0 Å².